The highest BCUT2D eigenvalue weighted by molar-refractivity contribution is 7.91. The third-order valence-electron chi connectivity index (χ3n) is 3.47. The van der Waals surface area contributed by atoms with Crippen molar-refractivity contribution < 1.29 is 27.5 Å². The van der Waals surface area contributed by atoms with E-state index in [1.807, 2.05) is 0 Å². The lowest BCUT2D eigenvalue weighted by atomic mass is 10.2. The van der Waals surface area contributed by atoms with Gasteiger partial charge in [0.25, 0.3) is 5.91 Å². The monoisotopic (exact) mass is 356 g/mol. The largest absolute Gasteiger partial charge is 0.493 e. The molecule has 0 bridgehead atoms. The number of nitrogens with one attached hydrogen (secondary N) is 2. The summed E-state index contributed by atoms with van der Waals surface area (Å²) in [5.74, 6) is 0.0693. The van der Waals surface area contributed by atoms with Gasteiger partial charge >= 0.3 is 0 Å². The Morgan fingerprint density at radius 3 is 2.54 bits per heavy atom. The van der Waals surface area contributed by atoms with Crippen molar-refractivity contribution in [2.75, 3.05) is 31.8 Å². The van der Waals surface area contributed by atoms with Crippen LogP contribution in [0.5, 0.6) is 11.5 Å². The number of methoxy groups -OCH3 is 1. The summed E-state index contributed by atoms with van der Waals surface area (Å²) in [7, 11) is -1.56. The van der Waals surface area contributed by atoms with Gasteiger partial charge in [0.05, 0.1) is 25.2 Å². The summed E-state index contributed by atoms with van der Waals surface area (Å²) < 4.78 is 33.1. The molecule has 0 saturated carbocycles. The van der Waals surface area contributed by atoms with Crippen LogP contribution in [0.25, 0.3) is 0 Å². The van der Waals surface area contributed by atoms with Gasteiger partial charge < -0.3 is 20.1 Å². The fourth-order valence-corrected chi connectivity index (χ4v) is 3.97. The van der Waals surface area contributed by atoms with Gasteiger partial charge in [-0.25, -0.2) is 8.42 Å². The molecule has 1 fully saturated rings. The fourth-order valence-electron chi connectivity index (χ4n) is 2.30. The quantitative estimate of drug-likeness (QED) is 0.681. The van der Waals surface area contributed by atoms with Crippen LogP contribution in [0.2, 0.25) is 0 Å². The van der Waals surface area contributed by atoms with Crippen molar-refractivity contribution in [3.8, 4) is 11.5 Å². The molecule has 0 spiro atoms. The smallest absolute Gasteiger partial charge is 0.258 e. The number of amides is 2. The van der Waals surface area contributed by atoms with E-state index in [4.69, 9.17) is 9.47 Å². The number of sulfone groups is 1. The van der Waals surface area contributed by atoms with Crippen LogP contribution >= 0.6 is 0 Å². The third-order valence-corrected chi connectivity index (χ3v) is 5.24. The minimum Gasteiger partial charge on any atom is -0.493 e. The van der Waals surface area contributed by atoms with Gasteiger partial charge in [0.15, 0.2) is 27.9 Å². The van der Waals surface area contributed by atoms with E-state index >= 15 is 0 Å². The number of carbonyl (C=O) groups is 2. The maximum absolute atomic E-state index is 11.7. The van der Waals surface area contributed by atoms with Crippen LogP contribution in [-0.2, 0) is 19.4 Å². The van der Waals surface area contributed by atoms with Crippen molar-refractivity contribution in [2.45, 2.75) is 12.5 Å². The highest BCUT2D eigenvalue weighted by atomic mass is 32.2. The van der Waals surface area contributed by atoms with Crippen molar-refractivity contribution >= 4 is 21.7 Å². The molecule has 1 aromatic rings. The Labute approximate surface area is 140 Å². The average molecular weight is 356 g/mol. The molecule has 1 aliphatic heterocycles. The first-order valence-corrected chi connectivity index (χ1v) is 9.24. The lowest BCUT2D eigenvalue weighted by Crippen LogP contribution is -2.43. The number of ether oxygens (including phenoxy) is 2. The number of hydrogen-bond acceptors (Lipinski definition) is 6. The second-order valence-corrected chi connectivity index (χ2v) is 7.61. The molecule has 132 valence electrons. The van der Waals surface area contributed by atoms with E-state index in [9.17, 15) is 18.0 Å². The first-order chi connectivity index (χ1) is 11.4. The van der Waals surface area contributed by atoms with Crippen LogP contribution in [0.3, 0.4) is 0 Å². The predicted molar refractivity (Wildman–Crippen MR) is 86.7 cm³/mol. The number of rotatable bonds is 7. The molecule has 1 aliphatic rings. The number of benzene rings is 1. The molecule has 2 amide bonds. The topological polar surface area (TPSA) is 111 Å². The average Bonchev–Trinajstić information content (AvgIpc) is 2.89. The molecule has 1 atom stereocenters. The van der Waals surface area contributed by atoms with E-state index in [0.717, 1.165) is 0 Å². The Hall–Kier alpha value is -2.29. The van der Waals surface area contributed by atoms with E-state index in [-0.39, 0.29) is 30.7 Å². The molecule has 0 radical (unpaired) electrons. The number of para-hydroxylation sites is 2. The summed E-state index contributed by atoms with van der Waals surface area (Å²) in [4.78, 5) is 23.4. The lowest BCUT2D eigenvalue weighted by molar-refractivity contribution is -0.127. The Balaban J connectivity index is 1.70. The molecule has 2 N–H and O–H groups in total. The highest BCUT2D eigenvalue weighted by Gasteiger charge is 2.28. The van der Waals surface area contributed by atoms with E-state index in [0.29, 0.717) is 17.9 Å². The SMILES string of the molecule is COc1ccccc1OCC(=O)NCC(=O)NC1CCS(=O)(=O)C1. The molecule has 0 aliphatic carbocycles. The van der Waals surface area contributed by atoms with Crippen LogP contribution in [0.1, 0.15) is 6.42 Å². The Morgan fingerprint density at radius 1 is 1.21 bits per heavy atom. The van der Waals surface area contributed by atoms with Crippen molar-refractivity contribution in [1.29, 1.82) is 0 Å². The maximum Gasteiger partial charge on any atom is 0.258 e. The van der Waals surface area contributed by atoms with Gasteiger partial charge in [-0.05, 0) is 18.6 Å². The summed E-state index contributed by atoms with van der Waals surface area (Å²) in [5.41, 5.74) is 0. The summed E-state index contributed by atoms with van der Waals surface area (Å²) in [6, 6.07) is 6.51. The molecule has 2 rings (SSSR count). The molecule has 1 aromatic carbocycles. The predicted octanol–water partition coefficient (Wildman–Crippen LogP) is -0.506. The normalized spacial score (nSPS) is 18.6. The lowest BCUT2D eigenvalue weighted by Gasteiger charge is -2.12. The van der Waals surface area contributed by atoms with E-state index in [1.54, 1.807) is 24.3 Å². The van der Waals surface area contributed by atoms with Crippen LogP contribution in [-0.4, -0.2) is 58.0 Å². The fraction of sp³-hybridized carbons (Fsp3) is 0.467. The van der Waals surface area contributed by atoms with Gasteiger partial charge in [-0.3, -0.25) is 9.59 Å². The molecule has 1 unspecified atom stereocenters. The summed E-state index contributed by atoms with van der Waals surface area (Å²) in [6.07, 6.45) is 0.402. The molecule has 8 nitrogen and oxygen atoms in total. The van der Waals surface area contributed by atoms with Crippen LogP contribution in [0, 0.1) is 0 Å². The van der Waals surface area contributed by atoms with Gasteiger partial charge in [-0.2, -0.15) is 0 Å². The molecule has 1 saturated heterocycles. The Bertz CT molecular complexity index is 704. The highest BCUT2D eigenvalue weighted by Crippen LogP contribution is 2.25. The van der Waals surface area contributed by atoms with Gasteiger partial charge in [-0.1, -0.05) is 12.1 Å². The molecular weight excluding hydrogens is 336 g/mol. The first kappa shape index (κ1) is 18.1. The Kier molecular flexibility index (Phi) is 6.02. The molecule has 24 heavy (non-hydrogen) atoms. The molecule has 1 heterocycles. The summed E-state index contributed by atoms with van der Waals surface area (Å²) in [5, 5.41) is 5.01. The van der Waals surface area contributed by atoms with Crippen molar-refractivity contribution in [3.05, 3.63) is 24.3 Å². The minimum atomic E-state index is -3.05. The van der Waals surface area contributed by atoms with Crippen LogP contribution in [0.15, 0.2) is 24.3 Å². The zero-order valence-corrected chi connectivity index (χ0v) is 14.1. The van der Waals surface area contributed by atoms with Gasteiger partial charge in [0, 0.05) is 6.04 Å². The summed E-state index contributed by atoms with van der Waals surface area (Å²) >= 11 is 0. The summed E-state index contributed by atoms with van der Waals surface area (Å²) in [6.45, 7) is -0.490. The van der Waals surface area contributed by atoms with E-state index < -0.39 is 21.7 Å². The second kappa shape index (κ2) is 8.00. The third kappa shape index (κ3) is 5.41. The first-order valence-electron chi connectivity index (χ1n) is 7.42. The standard InChI is InChI=1S/C15H20N2O6S/c1-22-12-4-2-3-5-13(12)23-9-15(19)16-8-14(18)17-11-6-7-24(20,21)10-11/h2-5,11H,6-10H2,1H3,(H,16,19)(H,17,18). The number of hydrogen-bond donors (Lipinski definition) is 2. The molecule has 0 aromatic heterocycles. The zero-order chi connectivity index (χ0) is 17.6. The van der Waals surface area contributed by atoms with Crippen molar-refractivity contribution in [2.24, 2.45) is 0 Å². The van der Waals surface area contributed by atoms with E-state index in [1.165, 1.54) is 7.11 Å². The second-order valence-electron chi connectivity index (χ2n) is 5.38. The van der Waals surface area contributed by atoms with Gasteiger partial charge in [-0.15, -0.1) is 0 Å². The Morgan fingerprint density at radius 2 is 1.92 bits per heavy atom. The zero-order valence-electron chi connectivity index (χ0n) is 13.3. The van der Waals surface area contributed by atoms with Crippen molar-refractivity contribution in [3.63, 3.8) is 0 Å². The maximum atomic E-state index is 11.7. The molecular formula is C15H20N2O6S. The van der Waals surface area contributed by atoms with Crippen molar-refractivity contribution in [1.82, 2.24) is 10.6 Å². The van der Waals surface area contributed by atoms with Gasteiger partial charge in [0.1, 0.15) is 0 Å². The van der Waals surface area contributed by atoms with E-state index in [2.05, 4.69) is 10.6 Å². The molecule has 9 heteroatoms. The number of carbonyl (C=O) groups excluding carboxylic acids is 2. The minimum absolute atomic E-state index is 0.0520. The van der Waals surface area contributed by atoms with Crippen LogP contribution in [0.4, 0.5) is 0 Å². The van der Waals surface area contributed by atoms with Crippen LogP contribution < -0.4 is 20.1 Å². The van der Waals surface area contributed by atoms with Gasteiger partial charge in [0.2, 0.25) is 5.91 Å².